The van der Waals surface area contributed by atoms with Gasteiger partial charge in [-0.3, -0.25) is 9.52 Å². The molecule has 0 saturated heterocycles. The lowest BCUT2D eigenvalue weighted by atomic mass is 10.2. The first-order valence-electron chi connectivity index (χ1n) is 9.49. The van der Waals surface area contributed by atoms with Gasteiger partial charge in [-0.1, -0.05) is 30.3 Å². The molecule has 0 aliphatic heterocycles. The van der Waals surface area contributed by atoms with Crippen molar-refractivity contribution in [2.75, 3.05) is 23.7 Å². The second-order valence-corrected chi connectivity index (χ2v) is 8.87. The van der Waals surface area contributed by atoms with E-state index in [1.807, 2.05) is 62.3 Å². The highest BCUT2D eigenvalue weighted by atomic mass is 32.2. The van der Waals surface area contributed by atoms with Crippen LogP contribution in [0.15, 0.2) is 77.7 Å². The van der Waals surface area contributed by atoms with E-state index in [9.17, 15) is 13.2 Å². The predicted octanol–water partition coefficient (Wildman–Crippen LogP) is 3.79. The molecule has 0 atom stereocenters. The van der Waals surface area contributed by atoms with Crippen LogP contribution >= 0.6 is 0 Å². The summed E-state index contributed by atoms with van der Waals surface area (Å²) in [6, 6.07) is 20.9. The van der Waals surface area contributed by atoms with Gasteiger partial charge < -0.3 is 10.2 Å². The van der Waals surface area contributed by atoms with Crippen molar-refractivity contribution in [1.82, 2.24) is 5.32 Å². The quantitative estimate of drug-likeness (QED) is 0.606. The van der Waals surface area contributed by atoms with Crippen molar-refractivity contribution < 1.29 is 13.2 Å². The predicted molar refractivity (Wildman–Crippen MR) is 120 cm³/mol. The summed E-state index contributed by atoms with van der Waals surface area (Å²) in [5.41, 5.74) is 3.82. The number of nitrogens with zero attached hydrogens (tertiary/aromatic N) is 1. The molecule has 0 aromatic heterocycles. The number of amides is 1. The van der Waals surface area contributed by atoms with Crippen molar-refractivity contribution in [3.8, 4) is 0 Å². The van der Waals surface area contributed by atoms with Gasteiger partial charge in [0.05, 0.1) is 10.6 Å². The van der Waals surface area contributed by atoms with Gasteiger partial charge >= 0.3 is 0 Å². The lowest BCUT2D eigenvalue weighted by molar-refractivity contribution is 0.0951. The number of hydrogen-bond donors (Lipinski definition) is 2. The molecule has 0 bridgehead atoms. The normalized spacial score (nSPS) is 11.0. The molecular weight excluding hydrogens is 398 g/mol. The minimum atomic E-state index is -3.73. The molecule has 0 unspecified atom stereocenters. The summed E-state index contributed by atoms with van der Waals surface area (Å²) in [4.78, 5) is 14.5. The number of para-hydroxylation sites is 1. The average Bonchev–Trinajstić information content (AvgIpc) is 2.74. The summed E-state index contributed by atoms with van der Waals surface area (Å²) < 4.78 is 27.8. The third-order valence-corrected chi connectivity index (χ3v) is 6.10. The number of rotatable bonds is 7. The number of aryl methyl sites for hydroxylation is 1. The Hall–Kier alpha value is -3.32. The van der Waals surface area contributed by atoms with E-state index < -0.39 is 10.0 Å². The second kappa shape index (κ2) is 9.00. The fourth-order valence-electron chi connectivity index (χ4n) is 2.87. The maximum Gasteiger partial charge on any atom is 0.261 e. The molecule has 7 heteroatoms. The molecule has 2 N–H and O–H groups in total. The van der Waals surface area contributed by atoms with Crippen molar-refractivity contribution in [3.63, 3.8) is 0 Å². The first-order valence-corrected chi connectivity index (χ1v) is 11.0. The zero-order chi connectivity index (χ0) is 21.7. The Morgan fingerprint density at radius 3 is 2.13 bits per heavy atom. The highest BCUT2D eigenvalue weighted by Crippen LogP contribution is 2.20. The maximum atomic E-state index is 12.6. The lowest BCUT2D eigenvalue weighted by Crippen LogP contribution is -2.23. The van der Waals surface area contributed by atoms with Gasteiger partial charge in [0.15, 0.2) is 0 Å². The summed E-state index contributed by atoms with van der Waals surface area (Å²) in [6.45, 7) is 2.22. The van der Waals surface area contributed by atoms with E-state index in [-0.39, 0.29) is 10.8 Å². The van der Waals surface area contributed by atoms with Crippen molar-refractivity contribution in [2.24, 2.45) is 0 Å². The van der Waals surface area contributed by atoms with E-state index in [1.165, 1.54) is 24.3 Å². The molecule has 6 nitrogen and oxygen atoms in total. The molecule has 30 heavy (non-hydrogen) atoms. The lowest BCUT2D eigenvalue weighted by Gasteiger charge is -2.13. The second-order valence-electron chi connectivity index (χ2n) is 7.19. The molecule has 0 radical (unpaired) electrons. The van der Waals surface area contributed by atoms with E-state index in [1.54, 1.807) is 12.1 Å². The van der Waals surface area contributed by atoms with Crippen LogP contribution in [0.3, 0.4) is 0 Å². The molecule has 156 valence electrons. The molecule has 3 aromatic carbocycles. The van der Waals surface area contributed by atoms with Gasteiger partial charge in [-0.2, -0.15) is 0 Å². The maximum absolute atomic E-state index is 12.6. The summed E-state index contributed by atoms with van der Waals surface area (Å²) >= 11 is 0. The smallest absolute Gasteiger partial charge is 0.261 e. The van der Waals surface area contributed by atoms with Crippen LogP contribution in [0.2, 0.25) is 0 Å². The molecule has 0 aliphatic carbocycles. The molecule has 3 aromatic rings. The van der Waals surface area contributed by atoms with Crippen LogP contribution in [0.5, 0.6) is 0 Å². The zero-order valence-corrected chi connectivity index (χ0v) is 18.0. The van der Waals surface area contributed by atoms with Crippen molar-refractivity contribution in [2.45, 2.75) is 18.4 Å². The van der Waals surface area contributed by atoms with Gasteiger partial charge in [0, 0.05) is 31.9 Å². The van der Waals surface area contributed by atoms with Gasteiger partial charge in [0.2, 0.25) is 0 Å². The summed E-state index contributed by atoms with van der Waals surface area (Å²) in [5, 5.41) is 2.85. The fourth-order valence-corrected chi connectivity index (χ4v) is 4.00. The number of carbonyl (C=O) groups excluding carboxylic acids is 1. The SMILES string of the molecule is Cc1ccccc1NS(=O)(=O)c1ccc(C(=O)NCc2ccc(N(C)C)cc2)cc1. The van der Waals surface area contributed by atoms with Crippen LogP contribution in [0.25, 0.3) is 0 Å². The van der Waals surface area contributed by atoms with E-state index in [2.05, 4.69) is 10.0 Å². The first-order chi connectivity index (χ1) is 14.3. The summed E-state index contributed by atoms with van der Waals surface area (Å²) in [6.07, 6.45) is 0. The third-order valence-electron chi connectivity index (χ3n) is 4.72. The van der Waals surface area contributed by atoms with Gasteiger partial charge in [-0.05, 0) is 60.5 Å². The van der Waals surface area contributed by atoms with Crippen molar-refractivity contribution in [1.29, 1.82) is 0 Å². The minimum Gasteiger partial charge on any atom is -0.378 e. The Kier molecular flexibility index (Phi) is 6.42. The Balaban J connectivity index is 1.64. The number of hydrogen-bond acceptors (Lipinski definition) is 4. The number of sulfonamides is 1. The molecule has 0 saturated carbocycles. The standard InChI is InChI=1S/C23H25N3O3S/c1-17-6-4-5-7-22(17)25-30(28,29)21-14-10-19(11-15-21)23(27)24-16-18-8-12-20(13-9-18)26(2)3/h4-15,25H,16H2,1-3H3,(H,24,27). The van der Waals surface area contributed by atoms with E-state index >= 15 is 0 Å². The van der Waals surface area contributed by atoms with Crippen LogP contribution in [0.1, 0.15) is 21.5 Å². The molecular formula is C23H25N3O3S. The van der Waals surface area contributed by atoms with Gasteiger partial charge in [-0.15, -0.1) is 0 Å². The van der Waals surface area contributed by atoms with Crippen LogP contribution in [0.4, 0.5) is 11.4 Å². The highest BCUT2D eigenvalue weighted by molar-refractivity contribution is 7.92. The Bertz CT molecular complexity index is 1120. The highest BCUT2D eigenvalue weighted by Gasteiger charge is 2.16. The molecule has 1 amide bonds. The number of carbonyl (C=O) groups is 1. The summed E-state index contributed by atoms with van der Waals surface area (Å²) in [7, 11) is 0.208. The Morgan fingerprint density at radius 1 is 0.900 bits per heavy atom. The van der Waals surface area contributed by atoms with Crippen molar-refractivity contribution >= 4 is 27.3 Å². The molecule has 0 aliphatic rings. The number of benzene rings is 3. The Morgan fingerprint density at radius 2 is 1.53 bits per heavy atom. The molecule has 0 heterocycles. The zero-order valence-electron chi connectivity index (χ0n) is 17.2. The van der Waals surface area contributed by atoms with E-state index in [0.29, 0.717) is 17.8 Å². The van der Waals surface area contributed by atoms with E-state index in [0.717, 1.165) is 16.8 Å². The average molecular weight is 424 g/mol. The fraction of sp³-hybridized carbons (Fsp3) is 0.174. The van der Waals surface area contributed by atoms with Gasteiger partial charge in [0.1, 0.15) is 0 Å². The molecule has 0 fully saturated rings. The summed E-state index contributed by atoms with van der Waals surface area (Å²) in [5.74, 6) is -0.262. The Labute approximate surface area is 177 Å². The first kappa shape index (κ1) is 21.4. The molecule has 0 spiro atoms. The monoisotopic (exact) mass is 423 g/mol. The van der Waals surface area contributed by atoms with Gasteiger partial charge in [-0.25, -0.2) is 8.42 Å². The van der Waals surface area contributed by atoms with E-state index in [4.69, 9.17) is 0 Å². The molecule has 3 rings (SSSR count). The third kappa shape index (κ3) is 5.18. The number of anilines is 2. The van der Waals surface area contributed by atoms with Crippen LogP contribution in [0, 0.1) is 6.92 Å². The topological polar surface area (TPSA) is 78.5 Å². The van der Waals surface area contributed by atoms with Crippen LogP contribution in [-0.2, 0) is 16.6 Å². The minimum absolute atomic E-state index is 0.0987. The largest absolute Gasteiger partial charge is 0.378 e. The van der Waals surface area contributed by atoms with Gasteiger partial charge in [0.25, 0.3) is 15.9 Å². The van der Waals surface area contributed by atoms with Crippen molar-refractivity contribution in [3.05, 3.63) is 89.5 Å². The number of nitrogens with one attached hydrogen (secondary N) is 2. The van der Waals surface area contributed by atoms with Crippen LogP contribution in [-0.4, -0.2) is 28.4 Å². The van der Waals surface area contributed by atoms with Crippen LogP contribution < -0.4 is 14.9 Å².